The zero-order valence-corrected chi connectivity index (χ0v) is 10.3. The number of rotatable bonds is 3. The minimum absolute atomic E-state index is 0.247. The van der Waals surface area contributed by atoms with Crippen LogP contribution in [0.1, 0.15) is 25.7 Å². The van der Waals surface area contributed by atoms with Gasteiger partial charge in [0, 0.05) is 19.5 Å². The highest BCUT2D eigenvalue weighted by molar-refractivity contribution is 5.79. The Labute approximate surface area is 108 Å². The third-order valence-electron chi connectivity index (χ3n) is 4.10. The lowest BCUT2D eigenvalue weighted by Crippen LogP contribution is -2.34. The normalized spacial score (nSPS) is 28.3. The number of amides is 1. The fourth-order valence-electron chi connectivity index (χ4n) is 2.66. The third kappa shape index (κ3) is 3.01. The summed E-state index contributed by atoms with van der Waals surface area (Å²) in [4.78, 5) is 23.8. The van der Waals surface area contributed by atoms with E-state index in [0.29, 0.717) is 0 Å². The number of carboxylic acid groups (broad SMARTS) is 1. The van der Waals surface area contributed by atoms with Gasteiger partial charge in [-0.1, -0.05) is 6.42 Å². The first kappa shape index (κ1) is 14.1. The summed E-state index contributed by atoms with van der Waals surface area (Å²) in [6, 6.07) is 0. The molecule has 1 heterocycles. The summed E-state index contributed by atoms with van der Waals surface area (Å²) < 4.78 is 38.2. The first-order valence-electron chi connectivity index (χ1n) is 6.36. The Morgan fingerprint density at radius 1 is 1.21 bits per heavy atom. The highest BCUT2D eigenvalue weighted by Crippen LogP contribution is 2.38. The molecule has 1 saturated heterocycles. The zero-order chi connectivity index (χ0) is 14.2. The molecule has 1 N–H and O–H groups in total. The first-order valence-corrected chi connectivity index (χ1v) is 6.36. The van der Waals surface area contributed by atoms with Gasteiger partial charge in [0.15, 0.2) is 0 Å². The number of carboxylic acids is 1. The van der Waals surface area contributed by atoms with Crippen molar-refractivity contribution < 1.29 is 27.9 Å². The maximum Gasteiger partial charge on any atom is 0.394 e. The number of hydrogen-bond acceptors (Lipinski definition) is 2. The fraction of sp³-hybridized carbons (Fsp3) is 0.833. The van der Waals surface area contributed by atoms with Crippen molar-refractivity contribution >= 4 is 11.9 Å². The van der Waals surface area contributed by atoms with E-state index in [1.54, 1.807) is 0 Å². The van der Waals surface area contributed by atoms with Gasteiger partial charge in [0.1, 0.15) is 0 Å². The molecule has 7 heteroatoms. The predicted octanol–water partition coefficient (Wildman–Crippen LogP) is 1.90. The standard InChI is InChI=1S/C12H16F3NO3/c13-12(14,15)9-6-16(5-8(9)11(18)19)10(17)4-7-2-1-3-7/h7-9H,1-6H2,(H,18,19)/t8-,9-/m1/s1. The second-order valence-corrected chi connectivity index (χ2v) is 5.39. The number of halogens is 3. The molecule has 2 rings (SSSR count). The molecule has 0 radical (unpaired) electrons. The molecule has 2 atom stereocenters. The van der Waals surface area contributed by atoms with Gasteiger partial charge in [0.2, 0.25) is 5.91 Å². The summed E-state index contributed by atoms with van der Waals surface area (Å²) in [6.07, 6.45) is -1.40. The van der Waals surface area contributed by atoms with Crippen LogP contribution in [0.4, 0.5) is 13.2 Å². The van der Waals surface area contributed by atoms with Gasteiger partial charge in [0.05, 0.1) is 11.8 Å². The Morgan fingerprint density at radius 2 is 1.84 bits per heavy atom. The van der Waals surface area contributed by atoms with Crippen LogP contribution in [0.3, 0.4) is 0 Å². The number of alkyl halides is 3. The Kier molecular flexibility index (Phi) is 3.73. The van der Waals surface area contributed by atoms with Gasteiger partial charge in [-0.25, -0.2) is 0 Å². The molecule has 0 aromatic heterocycles. The van der Waals surface area contributed by atoms with Crippen molar-refractivity contribution in [2.24, 2.45) is 17.8 Å². The van der Waals surface area contributed by atoms with Gasteiger partial charge in [-0.2, -0.15) is 13.2 Å². The molecule has 1 aliphatic carbocycles. The topological polar surface area (TPSA) is 57.6 Å². The van der Waals surface area contributed by atoms with E-state index in [-0.39, 0.29) is 24.8 Å². The lowest BCUT2D eigenvalue weighted by molar-refractivity contribution is -0.188. The van der Waals surface area contributed by atoms with Gasteiger partial charge in [0.25, 0.3) is 0 Å². The van der Waals surface area contributed by atoms with Gasteiger partial charge < -0.3 is 10.0 Å². The summed E-state index contributed by atoms with van der Waals surface area (Å²) in [7, 11) is 0. The molecule has 2 aliphatic rings. The van der Waals surface area contributed by atoms with Crippen molar-refractivity contribution in [1.29, 1.82) is 0 Å². The number of carbonyl (C=O) groups is 2. The molecular weight excluding hydrogens is 263 g/mol. The van der Waals surface area contributed by atoms with Crippen molar-refractivity contribution in [1.82, 2.24) is 4.90 Å². The Bertz CT molecular complexity index is 379. The average molecular weight is 279 g/mol. The van der Waals surface area contributed by atoms with Gasteiger partial charge in [-0.15, -0.1) is 0 Å². The monoisotopic (exact) mass is 279 g/mol. The molecule has 0 bridgehead atoms. The molecule has 0 unspecified atom stereocenters. The van der Waals surface area contributed by atoms with E-state index < -0.39 is 30.5 Å². The second kappa shape index (κ2) is 5.02. The SMILES string of the molecule is O=C(O)[C@@H]1CN(C(=O)CC2CCC2)C[C@H]1C(F)(F)F. The Morgan fingerprint density at radius 3 is 2.21 bits per heavy atom. The number of nitrogens with zero attached hydrogens (tertiary/aromatic N) is 1. The number of aliphatic carboxylic acids is 1. The first-order chi connectivity index (χ1) is 8.79. The summed E-state index contributed by atoms with van der Waals surface area (Å²) in [5.41, 5.74) is 0. The number of likely N-dealkylation sites (tertiary alicyclic amines) is 1. The van der Waals surface area contributed by atoms with Crippen LogP contribution in [-0.4, -0.2) is 41.1 Å². The van der Waals surface area contributed by atoms with Crippen LogP contribution < -0.4 is 0 Å². The minimum atomic E-state index is -4.57. The van der Waals surface area contributed by atoms with Gasteiger partial charge in [-0.05, 0) is 18.8 Å². The van der Waals surface area contributed by atoms with Gasteiger partial charge >= 0.3 is 12.1 Å². The van der Waals surface area contributed by atoms with Crippen molar-refractivity contribution in [2.75, 3.05) is 13.1 Å². The smallest absolute Gasteiger partial charge is 0.394 e. The van der Waals surface area contributed by atoms with Crippen LogP contribution in [0.2, 0.25) is 0 Å². The van der Waals surface area contributed by atoms with Crippen LogP contribution >= 0.6 is 0 Å². The van der Waals surface area contributed by atoms with E-state index >= 15 is 0 Å². The summed E-state index contributed by atoms with van der Waals surface area (Å²) in [6.45, 7) is -0.850. The lowest BCUT2D eigenvalue weighted by atomic mass is 9.83. The molecule has 0 spiro atoms. The third-order valence-corrected chi connectivity index (χ3v) is 4.10. The second-order valence-electron chi connectivity index (χ2n) is 5.39. The lowest BCUT2D eigenvalue weighted by Gasteiger charge is -2.27. The molecular formula is C12H16F3NO3. The predicted molar refractivity (Wildman–Crippen MR) is 59.2 cm³/mol. The molecule has 2 fully saturated rings. The summed E-state index contributed by atoms with van der Waals surface area (Å²) >= 11 is 0. The van der Waals surface area contributed by atoms with E-state index in [1.165, 1.54) is 0 Å². The van der Waals surface area contributed by atoms with Crippen LogP contribution in [0.15, 0.2) is 0 Å². The van der Waals surface area contributed by atoms with Crippen LogP contribution in [0.5, 0.6) is 0 Å². The van der Waals surface area contributed by atoms with E-state index in [4.69, 9.17) is 5.11 Å². The highest BCUT2D eigenvalue weighted by atomic mass is 19.4. The fourth-order valence-corrected chi connectivity index (χ4v) is 2.66. The van der Waals surface area contributed by atoms with Gasteiger partial charge in [-0.3, -0.25) is 9.59 Å². The molecule has 0 aromatic carbocycles. The summed E-state index contributed by atoms with van der Waals surface area (Å²) in [5, 5.41) is 8.85. The molecule has 1 saturated carbocycles. The molecule has 108 valence electrons. The quantitative estimate of drug-likeness (QED) is 0.858. The molecule has 4 nitrogen and oxygen atoms in total. The van der Waals surface area contributed by atoms with E-state index in [2.05, 4.69) is 0 Å². The maximum atomic E-state index is 12.7. The summed E-state index contributed by atoms with van der Waals surface area (Å²) in [5.74, 6) is -5.05. The zero-order valence-electron chi connectivity index (χ0n) is 10.3. The largest absolute Gasteiger partial charge is 0.481 e. The minimum Gasteiger partial charge on any atom is -0.481 e. The van der Waals surface area contributed by atoms with Crippen molar-refractivity contribution in [2.45, 2.75) is 31.9 Å². The van der Waals surface area contributed by atoms with Crippen LogP contribution in [-0.2, 0) is 9.59 Å². The van der Waals surface area contributed by atoms with Crippen molar-refractivity contribution in [3.8, 4) is 0 Å². The average Bonchev–Trinajstić information content (AvgIpc) is 2.67. The van der Waals surface area contributed by atoms with Crippen molar-refractivity contribution in [3.05, 3.63) is 0 Å². The number of carbonyl (C=O) groups excluding carboxylic acids is 1. The van der Waals surface area contributed by atoms with Crippen LogP contribution in [0.25, 0.3) is 0 Å². The van der Waals surface area contributed by atoms with E-state index in [9.17, 15) is 22.8 Å². The highest BCUT2D eigenvalue weighted by Gasteiger charge is 2.53. The molecule has 0 aromatic rings. The Hall–Kier alpha value is -1.27. The van der Waals surface area contributed by atoms with Crippen LogP contribution in [0, 0.1) is 17.8 Å². The molecule has 1 aliphatic heterocycles. The number of hydrogen-bond donors (Lipinski definition) is 1. The van der Waals surface area contributed by atoms with Crippen molar-refractivity contribution in [3.63, 3.8) is 0 Å². The van der Waals surface area contributed by atoms with E-state index in [0.717, 1.165) is 24.2 Å². The molecule has 1 amide bonds. The van der Waals surface area contributed by atoms with E-state index in [1.807, 2.05) is 0 Å². The maximum absolute atomic E-state index is 12.7. The molecule has 19 heavy (non-hydrogen) atoms. The Balaban J connectivity index is 2.00.